The molecule has 0 bridgehead atoms. The van der Waals surface area contributed by atoms with E-state index in [0.717, 1.165) is 19.5 Å². The summed E-state index contributed by atoms with van der Waals surface area (Å²) in [6, 6.07) is 3.20. The van der Waals surface area contributed by atoms with Crippen molar-refractivity contribution in [1.29, 1.82) is 0 Å². The third kappa shape index (κ3) is 4.52. The average Bonchev–Trinajstić information content (AvgIpc) is 2.92. The van der Waals surface area contributed by atoms with Crippen molar-refractivity contribution >= 4 is 17.4 Å². The fourth-order valence-electron chi connectivity index (χ4n) is 2.33. The second kappa shape index (κ2) is 7.51. The van der Waals surface area contributed by atoms with Crippen LogP contribution in [0.15, 0.2) is 31.0 Å². The van der Waals surface area contributed by atoms with E-state index in [9.17, 15) is 14.9 Å². The Labute approximate surface area is 128 Å². The van der Waals surface area contributed by atoms with Crippen LogP contribution < -0.4 is 10.6 Å². The standard InChI is InChI=1S/C14H19N5O3/c1-2-6-15-14(20)10-18-7-5-11(9-18)17-13-4-3-12(8-16-13)19(21)22/h2-4,8,11H,1,5-7,9-10H2,(H,15,20)(H,16,17). The highest BCUT2D eigenvalue weighted by atomic mass is 16.6. The number of rotatable bonds is 7. The molecule has 1 saturated heterocycles. The molecule has 2 rings (SSSR count). The van der Waals surface area contributed by atoms with Crippen LogP contribution in [0.3, 0.4) is 0 Å². The highest BCUT2D eigenvalue weighted by Crippen LogP contribution is 2.16. The van der Waals surface area contributed by atoms with Gasteiger partial charge in [0.1, 0.15) is 12.0 Å². The van der Waals surface area contributed by atoms with Gasteiger partial charge in [0.05, 0.1) is 11.5 Å². The summed E-state index contributed by atoms with van der Waals surface area (Å²) in [7, 11) is 0. The largest absolute Gasteiger partial charge is 0.366 e. The van der Waals surface area contributed by atoms with E-state index in [0.29, 0.717) is 18.9 Å². The summed E-state index contributed by atoms with van der Waals surface area (Å²) in [6.45, 7) is 5.95. The molecule has 1 fully saturated rings. The predicted molar refractivity (Wildman–Crippen MR) is 82.6 cm³/mol. The molecule has 2 heterocycles. The summed E-state index contributed by atoms with van der Waals surface area (Å²) in [6.07, 6.45) is 3.78. The van der Waals surface area contributed by atoms with Crippen molar-refractivity contribution < 1.29 is 9.72 Å². The van der Waals surface area contributed by atoms with E-state index in [1.54, 1.807) is 12.1 Å². The van der Waals surface area contributed by atoms with Crippen molar-refractivity contribution in [2.45, 2.75) is 12.5 Å². The highest BCUT2D eigenvalue weighted by molar-refractivity contribution is 5.78. The number of anilines is 1. The van der Waals surface area contributed by atoms with Gasteiger partial charge in [0.2, 0.25) is 5.91 Å². The summed E-state index contributed by atoms with van der Waals surface area (Å²) >= 11 is 0. The van der Waals surface area contributed by atoms with Crippen LogP contribution in [0.25, 0.3) is 0 Å². The van der Waals surface area contributed by atoms with Crippen LogP contribution in [0, 0.1) is 10.1 Å². The van der Waals surface area contributed by atoms with Gasteiger partial charge in [0.25, 0.3) is 5.69 Å². The molecular weight excluding hydrogens is 286 g/mol. The Morgan fingerprint density at radius 1 is 1.59 bits per heavy atom. The first kappa shape index (κ1) is 15.9. The van der Waals surface area contributed by atoms with Gasteiger partial charge in [-0.15, -0.1) is 6.58 Å². The number of hydrogen-bond acceptors (Lipinski definition) is 6. The summed E-state index contributed by atoms with van der Waals surface area (Å²) in [4.78, 5) is 27.8. The Morgan fingerprint density at radius 2 is 2.41 bits per heavy atom. The van der Waals surface area contributed by atoms with Crippen LogP contribution in [0.4, 0.5) is 11.5 Å². The maximum absolute atomic E-state index is 11.6. The van der Waals surface area contributed by atoms with E-state index in [4.69, 9.17) is 0 Å². The molecule has 0 radical (unpaired) electrons. The molecule has 118 valence electrons. The molecule has 0 saturated carbocycles. The van der Waals surface area contributed by atoms with Gasteiger partial charge in [-0.3, -0.25) is 19.8 Å². The first-order valence-electron chi connectivity index (χ1n) is 7.05. The summed E-state index contributed by atoms with van der Waals surface area (Å²) in [5.41, 5.74) is -0.0301. The number of carbonyl (C=O) groups is 1. The van der Waals surface area contributed by atoms with Crippen LogP contribution in [0.2, 0.25) is 0 Å². The van der Waals surface area contributed by atoms with Gasteiger partial charge in [-0.1, -0.05) is 6.08 Å². The number of nitrogens with one attached hydrogen (secondary N) is 2. The van der Waals surface area contributed by atoms with Gasteiger partial charge in [-0.2, -0.15) is 0 Å². The average molecular weight is 305 g/mol. The molecule has 8 nitrogen and oxygen atoms in total. The minimum Gasteiger partial charge on any atom is -0.366 e. The maximum atomic E-state index is 11.6. The molecule has 1 aliphatic rings. The van der Waals surface area contributed by atoms with Gasteiger partial charge in [0.15, 0.2) is 0 Å². The Morgan fingerprint density at radius 3 is 3.05 bits per heavy atom. The molecule has 22 heavy (non-hydrogen) atoms. The van der Waals surface area contributed by atoms with Gasteiger partial charge < -0.3 is 10.6 Å². The van der Waals surface area contributed by atoms with Crippen molar-refractivity contribution in [3.05, 3.63) is 41.1 Å². The Kier molecular flexibility index (Phi) is 5.42. The molecule has 1 aliphatic heterocycles. The summed E-state index contributed by atoms with van der Waals surface area (Å²) < 4.78 is 0. The fourth-order valence-corrected chi connectivity index (χ4v) is 2.33. The van der Waals surface area contributed by atoms with Crippen molar-refractivity contribution in [2.75, 3.05) is 31.5 Å². The summed E-state index contributed by atoms with van der Waals surface area (Å²) in [5, 5.41) is 16.5. The number of aromatic nitrogens is 1. The molecule has 0 spiro atoms. The van der Waals surface area contributed by atoms with E-state index in [2.05, 4.69) is 27.1 Å². The minimum atomic E-state index is -0.476. The maximum Gasteiger partial charge on any atom is 0.287 e. The third-order valence-corrected chi connectivity index (χ3v) is 3.39. The third-order valence-electron chi connectivity index (χ3n) is 3.39. The zero-order chi connectivity index (χ0) is 15.9. The Hall–Kier alpha value is -2.48. The number of nitro groups is 1. The van der Waals surface area contributed by atoms with Crippen LogP contribution in [-0.4, -0.2) is 52.9 Å². The number of hydrogen-bond donors (Lipinski definition) is 2. The Bertz CT molecular complexity index is 546. The zero-order valence-corrected chi connectivity index (χ0v) is 12.2. The number of likely N-dealkylation sites (tertiary alicyclic amines) is 1. The lowest BCUT2D eigenvalue weighted by molar-refractivity contribution is -0.385. The van der Waals surface area contributed by atoms with Crippen molar-refractivity contribution in [3.8, 4) is 0 Å². The molecule has 1 unspecified atom stereocenters. The molecule has 0 aliphatic carbocycles. The molecular formula is C14H19N5O3. The number of nitrogens with zero attached hydrogens (tertiary/aromatic N) is 3. The van der Waals surface area contributed by atoms with Crippen LogP contribution >= 0.6 is 0 Å². The number of amides is 1. The van der Waals surface area contributed by atoms with Crippen LogP contribution in [-0.2, 0) is 4.79 Å². The molecule has 1 amide bonds. The lowest BCUT2D eigenvalue weighted by atomic mass is 10.2. The smallest absolute Gasteiger partial charge is 0.287 e. The lowest BCUT2D eigenvalue weighted by Crippen LogP contribution is -2.37. The summed E-state index contributed by atoms with van der Waals surface area (Å²) in [5.74, 6) is 0.586. The van der Waals surface area contributed by atoms with E-state index in [1.807, 2.05) is 0 Å². The van der Waals surface area contributed by atoms with Crippen LogP contribution in [0.5, 0.6) is 0 Å². The Balaban J connectivity index is 1.79. The molecule has 2 N–H and O–H groups in total. The molecule has 0 aromatic carbocycles. The van der Waals surface area contributed by atoms with E-state index in [-0.39, 0.29) is 17.6 Å². The normalized spacial score (nSPS) is 17.9. The van der Waals surface area contributed by atoms with Gasteiger partial charge in [0, 0.05) is 31.7 Å². The minimum absolute atomic E-state index is 0.0194. The van der Waals surface area contributed by atoms with Gasteiger partial charge in [-0.25, -0.2) is 4.98 Å². The molecule has 8 heteroatoms. The predicted octanol–water partition coefficient (Wildman–Crippen LogP) is 0.778. The first-order chi connectivity index (χ1) is 10.6. The molecule has 1 atom stereocenters. The molecule has 1 aromatic rings. The second-order valence-electron chi connectivity index (χ2n) is 5.12. The monoisotopic (exact) mass is 305 g/mol. The number of pyridine rings is 1. The van der Waals surface area contributed by atoms with Crippen molar-refractivity contribution in [2.24, 2.45) is 0 Å². The highest BCUT2D eigenvalue weighted by Gasteiger charge is 2.24. The topological polar surface area (TPSA) is 100 Å². The zero-order valence-electron chi connectivity index (χ0n) is 12.2. The van der Waals surface area contributed by atoms with Gasteiger partial charge in [-0.05, 0) is 12.5 Å². The SMILES string of the molecule is C=CCNC(=O)CN1CCC(Nc2ccc([N+](=O)[O-])cn2)C1. The van der Waals surface area contributed by atoms with Crippen molar-refractivity contribution in [3.63, 3.8) is 0 Å². The van der Waals surface area contributed by atoms with E-state index >= 15 is 0 Å². The van der Waals surface area contributed by atoms with Crippen LogP contribution in [0.1, 0.15) is 6.42 Å². The fraction of sp³-hybridized carbons (Fsp3) is 0.429. The van der Waals surface area contributed by atoms with E-state index in [1.165, 1.54) is 12.3 Å². The van der Waals surface area contributed by atoms with Crippen molar-refractivity contribution in [1.82, 2.24) is 15.2 Å². The second-order valence-corrected chi connectivity index (χ2v) is 5.12. The lowest BCUT2D eigenvalue weighted by Gasteiger charge is -2.16. The van der Waals surface area contributed by atoms with Gasteiger partial charge >= 0.3 is 0 Å². The van der Waals surface area contributed by atoms with E-state index < -0.39 is 4.92 Å². The molecule has 1 aromatic heterocycles. The quantitative estimate of drug-likeness (QED) is 0.438. The first-order valence-corrected chi connectivity index (χ1v) is 7.05. The number of carbonyl (C=O) groups excluding carboxylic acids is 1.